The van der Waals surface area contributed by atoms with E-state index in [0.717, 1.165) is 31.4 Å². The molecule has 1 rings (SSSR count). The molecule has 0 aliphatic carbocycles. The maximum absolute atomic E-state index is 11.9. The minimum Gasteiger partial charge on any atom is -0.299 e. The molecule has 0 aliphatic heterocycles. The highest BCUT2D eigenvalue weighted by Crippen LogP contribution is 2.03. The van der Waals surface area contributed by atoms with Gasteiger partial charge in [0.2, 0.25) is 0 Å². The van der Waals surface area contributed by atoms with Gasteiger partial charge in [0, 0.05) is 17.6 Å². The lowest BCUT2D eigenvalue weighted by Gasteiger charge is -1.99. The first-order valence-electron chi connectivity index (χ1n) is 5.68. The molecule has 0 spiro atoms. The highest BCUT2D eigenvalue weighted by Gasteiger charge is 2.10. The Morgan fingerprint density at radius 2 is 2.12 bits per heavy atom. The summed E-state index contributed by atoms with van der Waals surface area (Å²) < 4.78 is 12.1. The Kier molecular flexibility index (Phi) is 5.25. The molecule has 1 N–H and O–H groups in total. The zero-order chi connectivity index (χ0) is 12.0. The quantitative estimate of drug-likeness (QED) is 0.764. The van der Waals surface area contributed by atoms with Gasteiger partial charge in [-0.1, -0.05) is 26.7 Å². The maximum atomic E-state index is 11.9. The zero-order valence-corrected chi connectivity index (χ0v) is 10.6. The van der Waals surface area contributed by atoms with Crippen LogP contribution in [-0.2, 0) is 24.2 Å². The van der Waals surface area contributed by atoms with Crippen LogP contribution in [0.5, 0.6) is 0 Å². The fourth-order valence-electron chi connectivity index (χ4n) is 1.63. The summed E-state index contributed by atoms with van der Waals surface area (Å²) in [6.07, 6.45) is 3.78. The van der Waals surface area contributed by atoms with E-state index in [4.69, 9.17) is 0 Å². The molecule has 0 aromatic carbocycles. The summed E-state index contributed by atoms with van der Waals surface area (Å²) in [6, 6.07) is 0. The van der Waals surface area contributed by atoms with Crippen LogP contribution < -0.4 is 5.56 Å². The van der Waals surface area contributed by atoms with Crippen LogP contribution in [0.3, 0.4) is 0 Å². The van der Waals surface area contributed by atoms with Gasteiger partial charge in [0.05, 0.1) is 16.8 Å². The lowest BCUT2D eigenvalue weighted by Crippen LogP contribution is -2.19. The molecule has 0 unspecified atom stereocenters. The van der Waals surface area contributed by atoms with E-state index in [-0.39, 0.29) is 5.56 Å². The average Bonchev–Trinajstić information content (AvgIpc) is 2.56. The molecule has 90 valence electrons. The summed E-state index contributed by atoms with van der Waals surface area (Å²) in [4.78, 5) is 11.9. The fraction of sp³-hybridized carbons (Fsp3) is 0.636. The Bertz CT molecular complexity index is 441. The predicted molar refractivity (Wildman–Crippen MR) is 67.3 cm³/mol. The lowest BCUT2D eigenvalue weighted by molar-refractivity contribution is 0.550. The number of nitrogens with one attached hydrogen (secondary N) is 1. The standard InChI is InChI=1S/C11H18N2O2S/c1-3-5-7-13-11(14)9(8-16-15)10(12-13)6-4-2/h8,12H,3-7H2,1-2H3. The van der Waals surface area contributed by atoms with Gasteiger partial charge < -0.3 is 0 Å². The predicted octanol–water partition coefficient (Wildman–Crippen LogP) is 1.29. The minimum absolute atomic E-state index is 0.0692. The molecule has 0 fully saturated rings. The fourth-order valence-corrected chi connectivity index (χ4v) is 1.97. The van der Waals surface area contributed by atoms with Crippen LogP contribution >= 0.6 is 0 Å². The number of aryl methyl sites for hydroxylation is 2. The van der Waals surface area contributed by atoms with Crippen molar-refractivity contribution in [2.75, 3.05) is 0 Å². The molecule has 1 aromatic rings. The summed E-state index contributed by atoms with van der Waals surface area (Å²) >= 11 is 0.338. The number of unbranched alkanes of at least 4 members (excludes halogenated alkanes) is 1. The molecule has 0 bridgehead atoms. The molecule has 0 atom stereocenters. The van der Waals surface area contributed by atoms with Crippen molar-refractivity contribution in [2.24, 2.45) is 0 Å². The molecule has 0 saturated heterocycles. The van der Waals surface area contributed by atoms with Gasteiger partial charge in [0.15, 0.2) is 0 Å². The summed E-state index contributed by atoms with van der Waals surface area (Å²) in [5, 5.41) is 4.49. The zero-order valence-electron chi connectivity index (χ0n) is 9.78. The van der Waals surface area contributed by atoms with Crippen molar-refractivity contribution in [3.05, 3.63) is 21.6 Å². The van der Waals surface area contributed by atoms with Gasteiger partial charge in [-0.2, -0.15) is 0 Å². The molecule has 0 saturated carbocycles. The van der Waals surface area contributed by atoms with Gasteiger partial charge in [0.25, 0.3) is 5.56 Å². The van der Waals surface area contributed by atoms with E-state index in [1.54, 1.807) is 4.68 Å². The van der Waals surface area contributed by atoms with Crippen LogP contribution in [0.15, 0.2) is 4.79 Å². The number of aromatic nitrogens is 2. The molecular weight excluding hydrogens is 224 g/mol. The number of aromatic amines is 1. The van der Waals surface area contributed by atoms with E-state index >= 15 is 0 Å². The van der Waals surface area contributed by atoms with E-state index in [0.29, 0.717) is 23.4 Å². The van der Waals surface area contributed by atoms with Crippen molar-refractivity contribution < 1.29 is 4.21 Å². The number of H-pyrrole nitrogens is 1. The number of rotatable bonds is 6. The van der Waals surface area contributed by atoms with Crippen LogP contribution in [0.4, 0.5) is 0 Å². The average molecular weight is 242 g/mol. The van der Waals surface area contributed by atoms with Gasteiger partial charge in [-0.3, -0.25) is 14.6 Å². The van der Waals surface area contributed by atoms with Gasteiger partial charge in [-0.25, -0.2) is 4.21 Å². The van der Waals surface area contributed by atoms with Crippen LogP contribution in [0.1, 0.15) is 44.4 Å². The first-order chi connectivity index (χ1) is 7.74. The minimum atomic E-state index is -0.0692. The van der Waals surface area contributed by atoms with Crippen LogP contribution in [0, 0.1) is 0 Å². The molecule has 0 radical (unpaired) electrons. The van der Waals surface area contributed by atoms with Crippen molar-refractivity contribution in [1.29, 1.82) is 0 Å². The second-order valence-electron chi connectivity index (χ2n) is 3.78. The Hall–Kier alpha value is -1.10. The third-order valence-electron chi connectivity index (χ3n) is 2.47. The van der Waals surface area contributed by atoms with Gasteiger partial charge in [-0.05, 0) is 12.8 Å². The number of nitrogens with zero attached hydrogens (tertiary/aromatic N) is 1. The van der Waals surface area contributed by atoms with Gasteiger partial charge in [-0.15, -0.1) is 0 Å². The van der Waals surface area contributed by atoms with Crippen molar-refractivity contribution in [2.45, 2.75) is 46.1 Å². The van der Waals surface area contributed by atoms with Crippen molar-refractivity contribution in [1.82, 2.24) is 9.78 Å². The van der Waals surface area contributed by atoms with Crippen LogP contribution in [0.2, 0.25) is 0 Å². The molecule has 1 heterocycles. The summed E-state index contributed by atoms with van der Waals surface area (Å²) in [5.74, 6) is 0. The highest BCUT2D eigenvalue weighted by atomic mass is 32.1. The van der Waals surface area contributed by atoms with Gasteiger partial charge >= 0.3 is 0 Å². The summed E-state index contributed by atoms with van der Waals surface area (Å²) in [5.41, 5.74) is 1.35. The number of hydrogen-bond acceptors (Lipinski definition) is 2. The van der Waals surface area contributed by atoms with Crippen molar-refractivity contribution >= 4 is 16.6 Å². The number of hydrogen-bond donors (Lipinski definition) is 1. The Labute approximate surface area is 98.7 Å². The Morgan fingerprint density at radius 3 is 2.69 bits per heavy atom. The largest absolute Gasteiger partial charge is 0.299 e. The molecule has 4 nitrogen and oxygen atoms in total. The SMILES string of the molecule is CCCCn1[nH]c(CCC)c(C=S=O)c1=O. The van der Waals surface area contributed by atoms with E-state index in [1.165, 1.54) is 5.37 Å². The maximum Gasteiger partial charge on any atom is 0.274 e. The molecular formula is C11H18N2O2S. The van der Waals surface area contributed by atoms with Gasteiger partial charge in [0.1, 0.15) is 0 Å². The van der Waals surface area contributed by atoms with E-state index < -0.39 is 0 Å². The smallest absolute Gasteiger partial charge is 0.274 e. The lowest BCUT2D eigenvalue weighted by atomic mass is 10.2. The third kappa shape index (κ3) is 2.95. The Morgan fingerprint density at radius 1 is 1.38 bits per heavy atom. The molecule has 16 heavy (non-hydrogen) atoms. The first kappa shape index (κ1) is 13.0. The van der Waals surface area contributed by atoms with E-state index in [2.05, 4.69) is 18.9 Å². The second-order valence-corrected chi connectivity index (χ2v) is 4.21. The van der Waals surface area contributed by atoms with Crippen molar-refractivity contribution in [3.63, 3.8) is 0 Å². The summed E-state index contributed by atoms with van der Waals surface area (Å²) in [6.45, 7) is 4.83. The molecule has 0 amide bonds. The molecule has 1 aromatic heterocycles. The van der Waals surface area contributed by atoms with Crippen LogP contribution in [0.25, 0.3) is 0 Å². The molecule has 0 aliphatic rings. The van der Waals surface area contributed by atoms with E-state index in [1.807, 2.05) is 0 Å². The Balaban J connectivity index is 3.08. The highest BCUT2D eigenvalue weighted by molar-refractivity contribution is 7.65. The van der Waals surface area contributed by atoms with Crippen LogP contribution in [-0.4, -0.2) is 19.4 Å². The summed E-state index contributed by atoms with van der Waals surface area (Å²) in [7, 11) is 0. The normalized spacial score (nSPS) is 10.4. The van der Waals surface area contributed by atoms with Crippen molar-refractivity contribution in [3.8, 4) is 0 Å². The molecule has 5 heteroatoms. The van der Waals surface area contributed by atoms with E-state index in [9.17, 15) is 9.00 Å². The topological polar surface area (TPSA) is 54.9 Å². The first-order valence-corrected chi connectivity index (χ1v) is 6.48. The monoisotopic (exact) mass is 242 g/mol. The third-order valence-corrected chi connectivity index (χ3v) is 2.80. The second kappa shape index (κ2) is 6.48.